The summed E-state index contributed by atoms with van der Waals surface area (Å²) in [6.45, 7) is 30.7. The summed E-state index contributed by atoms with van der Waals surface area (Å²) in [5.41, 5.74) is -1.10. The first-order valence-corrected chi connectivity index (χ1v) is 11.0. The second-order valence-corrected chi connectivity index (χ2v) is 8.22. The van der Waals surface area contributed by atoms with Gasteiger partial charge in [0.15, 0.2) is 23.3 Å². The van der Waals surface area contributed by atoms with Gasteiger partial charge in [-0.05, 0) is 30.4 Å². The van der Waals surface area contributed by atoms with E-state index in [0.29, 0.717) is 19.6 Å². The van der Waals surface area contributed by atoms with E-state index in [1.54, 1.807) is 13.0 Å². The van der Waals surface area contributed by atoms with E-state index in [1.807, 2.05) is 13.8 Å². The van der Waals surface area contributed by atoms with Crippen molar-refractivity contribution in [2.75, 3.05) is 19.8 Å². The third kappa shape index (κ3) is 10.9. The average molecular weight is 493 g/mol. The van der Waals surface area contributed by atoms with E-state index in [4.69, 9.17) is 9.47 Å². The van der Waals surface area contributed by atoms with Crippen LogP contribution in [0.1, 0.15) is 27.2 Å². The van der Waals surface area contributed by atoms with E-state index in [0.717, 1.165) is 0 Å². The first-order chi connectivity index (χ1) is 16.3. The van der Waals surface area contributed by atoms with Crippen LogP contribution in [-0.2, 0) is 9.47 Å². The van der Waals surface area contributed by atoms with Gasteiger partial charge < -0.3 is 9.47 Å². The van der Waals surface area contributed by atoms with Crippen LogP contribution >= 0.6 is 0 Å². The van der Waals surface area contributed by atoms with E-state index >= 15 is 0 Å². The molecule has 0 fully saturated rings. The molecule has 0 saturated heterocycles. The summed E-state index contributed by atoms with van der Waals surface area (Å²) in [5, 5.41) is 0. The molecule has 0 bridgehead atoms. The van der Waals surface area contributed by atoms with E-state index in [1.165, 1.54) is 12.2 Å². The molecule has 0 aromatic rings. The molecule has 0 amide bonds. The van der Waals surface area contributed by atoms with Crippen molar-refractivity contribution in [1.29, 1.82) is 0 Å². The Morgan fingerprint density at radius 3 is 1.71 bits per heavy atom. The van der Waals surface area contributed by atoms with Gasteiger partial charge in [0.25, 0.3) is 0 Å². The molecule has 0 spiro atoms. The highest BCUT2D eigenvalue weighted by atomic mass is 19.2. The fraction of sp³-hybridized carbons (Fsp3) is 0.310. The molecule has 0 rings (SSSR count). The molecular formula is C29H36F4O2. The fourth-order valence-electron chi connectivity index (χ4n) is 2.29. The van der Waals surface area contributed by atoms with Gasteiger partial charge in [-0.3, -0.25) is 0 Å². The number of ether oxygens (including phenoxy) is 2. The highest BCUT2D eigenvalue weighted by Crippen LogP contribution is 2.30. The van der Waals surface area contributed by atoms with Gasteiger partial charge >= 0.3 is 0 Å². The highest BCUT2D eigenvalue weighted by molar-refractivity contribution is 5.54. The Labute approximate surface area is 207 Å². The molecule has 0 aliphatic rings. The summed E-state index contributed by atoms with van der Waals surface area (Å²) in [6, 6.07) is 0. The quantitative estimate of drug-likeness (QED) is 0.0874. The van der Waals surface area contributed by atoms with E-state index < -0.39 is 29.4 Å². The van der Waals surface area contributed by atoms with Gasteiger partial charge in [-0.15, -0.1) is 6.58 Å². The van der Waals surface area contributed by atoms with Gasteiger partial charge in [-0.2, -0.15) is 0 Å². The summed E-state index contributed by atoms with van der Waals surface area (Å²) < 4.78 is 68.6. The van der Waals surface area contributed by atoms with Crippen LogP contribution in [-0.4, -0.2) is 25.9 Å². The Balaban J connectivity index is 5.28. The molecule has 1 atom stereocenters. The fourth-order valence-corrected chi connectivity index (χ4v) is 2.29. The summed E-state index contributed by atoms with van der Waals surface area (Å²) in [4.78, 5) is 0. The molecule has 0 aliphatic carbocycles. The zero-order chi connectivity index (χ0) is 27.3. The molecule has 2 nitrogen and oxygen atoms in total. The van der Waals surface area contributed by atoms with Gasteiger partial charge in [0.05, 0.1) is 19.3 Å². The molecule has 35 heavy (non-hydrogen) atoms. The summed E-state index contributed by atoms with van der Waals surface area (Å²) >= 11 is 0. The predicted molar refractivity (Wildman–Crippen MR) is 138 cm³/mol. The van der Waals surface area contributed by atoms with Crippen molar-refractivity contribution in [3.05, 3.63) is 121 Å². The normalized spacial score (nSPS) is 13.7. The minimum Gasteiger partial charge on any atom is -0.376 e. The lowest BCUT2D eigenvalue weighted by Crippen LogP contribution is -2.15. The minimum atomic E-state index is -1.26. The van der Waals surface area contributed by atoms with Crippen LogP contribution in [0, 0.1) is 5.92 Å². The van der Waals surface area contributed by atoms with Crippen LogP contribution in [0.2, 0.25) is 0 Å². The van der Waals surface area contributed by atoms with Crippen molar-refractivity contribution < 1.29 is 27.0 Å². The molecule has 192 valence electrons. The highest BCUT2D eigenvalue weighted by Gasteiger charge is 2.20. The Kier molecular flexibility index (Phi) is 14.5. The molecule has 0 heterocycles. The molecule has 0 N–H and O–H groups in total. The molecule has 1 unspecified atom stereocenters. The Morgan fingerprint density at radius 2 is 1.26 bits per heavy atom. The number of halogens is 4. The molecule has 6 heteroatoms. The Morgan fingerprint density at radius 1 is 0.771 bits per heavy atom. The first-order valence-electron chi connectivity index (χ1n) is 11.0. The van der Waals surface area contributed by atoms with Crippen LogP contribution in [0.15, 0.2) is 121 Å². The Bertz CT molecular complexity index is 961. The molecular weight excluding hydrogens is 456 g/mol. The second-order valence-electron chi connectivity index (χ2n) is 8.22. The molecule has 0 aliphatic heterocycles. The maximum absolute atomic E-state index is 14.6. The SMILES string of the molecule is C=CCCOCC(=C)/C(F)=C(/F)C(=C)C(=C)/C=C\C(=C)C(=C)/C(F)=C(/F)C(=C)C(C)OCC(C)C. The maximum Gasteiger partial charge on any atom is 0.166 e. The summed E-state index contributed by atoms with van der Waals surface area (Å²) in [6.07, 6.45) is 3.92. The number of hydrogen-bond donors (Lipinski definition) is 0. The third-order valence-corrected chi connectivity index (χ3v) is 4.68. The van der Waals surface area contributed by atoms with Gasteiger partial charge in [-0.1, -0.05) is 71.5 Å². The second kappa shape index (κ2) is 15.8. The molecule has 0 radical (unpaired) electrons. The van der Waals surface area contributed by atoms with Crippen LogP contribution in [0.4, 0.5) is 17.6 Å². The van der Waals surface area contributed by atoms with Gasteiger partial charge in [-0.25, -0.2) is 17.6 Å². The van der Waals surface area contributed by atoms with Crippen LogP contribution in [0.5, 0.6) is 0 Å². The zero-order valence-electron chi connectivity index (χ0n) is 21.0. The zero-order valence-corrected chi connectivity index (χ0v) is 21.0. The third-order valence-electron chi connectivity index (χ3n) is 4.68. The number of allylic oxidation sites excluding steroid dienone is 8. The standard InChI is InChI=1S/C29H36F4O2/c1-11-12-15-34-17-21(6)26(30)27(31)22(7)19(4)13-14-20(5)23(8)28(32)29(33)24(9)25(10)35-16-18(2)3/h11,13-14,18,25H,1,4-9,12,15-17H2,2-3,10H3/b14-13-,27-26-,29-28-. The monoisotopic (exact) mass is 492 g/mol. The number of rotatable bonds is 17. The van der Waals surface area contributed by atoms with Gasteiger partial charge in [0, 0.05) is 28.9 Å². The van der Waals surface area contributed by atoms with Crippen LogP contribution in [0.25, 0.3) is 0 Å². The molecule has 0 aromatic carbocycles. The van der Waals surface area contributed by atoms with Crippen molar-refractivity contribution in [3.63, 3.8) is 0 Å². The molecule has 0 saturated carbocycles. The lowest BCUT2D eigenvalue weighted by atomic mass is 10.0. The Hall–Kier alpha value is -2.96. The largest absolute Gasteiger partial charge is 0.376 e. The first kappa shape index (κ1) is 32.0. The predicted octanol–water partition coefficient (Wildman–Crippen LogP) is 8.83. The summed E-state index contributed by atoms with van der Waals surface area (Å²) in [7, 11) is 0. The average Bonchev–Trinajstić information content (AvgIpc) is 2.84. The van der Waals surface area contributed by atoms with Gasteiger partial charge in [0.2, 0.25) is 0 Å². The number of hydrogen-bond acceptors (Lipinski definition) is 2. The van der Waals surface area contributed by atoms with Crippen LogP contribution < -0.4 is 0 Å². The minimum absolute atomic E-state index is 0.0139. The van der Waals surface area contributed by atoms with Crippen molar-refractivity contribution in [2.24, 2.45) is 5.92 Å². The maximum atomic E-state index is 14.6. The lowest BCUT2D eigenvalue weighted by Gasteiger charge is -2.17. The van der Waals surface area contributed by atoms with Gasteiger partial charge in [0.1, 0.15) is 0 Å². The van der Waals surface area contributed by atoms with Crippen molar-refractivity contribution >= 4 is 0 Å². The smallest absolute Gasteiger partial charge is 0.166 e. The van der Waals surface area contributed by atoms with Crippen LogP contribution in [0.3, 0.4) is 0 Å². The van der Waals surface area contributed by atoms with E-state index in [9.17, 15) is 17.6 Å². The van der Waals surface area contributed by atoms with Crippen molar-refractivity contribution in [2.45, 2.75) is 33.3 Å². The van der Waals surface area contributed by atoms with E-state index in [2.05, 4.69) is 46.1 Å². The topological polar surface area (TPSA) is 18.5 Å². The summed E-state index contributed by atoms with van der Waals surface area (Å²) in [5.74, 6) is -4.71. The molecule has 0 aromatic heterocycles. The van der Waals surface area contributed by atoms with Crippen molar-refractivity contribution in [3.8, 4) is 0 Å². The lowest BCUT2D eigenvalue weighted by molar-refractivity contribution is 0.0690. The van der Waals surface area contributed by atoms with Crippen molar-refractivity contribution in [1.82, 2.24) is 0 Å². The van der Waals surface area contributed by atoms with E-state index in [-0.39, 0.29) is 46.0 Å².